The van der Waals surface area contributed by atoms with Crippen molar-refractivity contribution in [2.75, 3.05) is 0 Å². The lowest BCUT2D eigenvalue weighted by Gasteiger charge is -2.25. The van der Waals surface area contributed by atoms with Gasteiger partial charge in [0.25, 0.3) is 5.69 Å². The molecule has 33 heavy (non-hydrogen) atoms. The van der Waals surface area contributed by atoms with E-state index in [1.807, 2.05) is 42.5 Å². The van der Waals surface area contributed by atoms with Crippen molar-refractivity contribution in [2.45, 2.75) is 25.0 Å². The molecule has 0 aliphatic rings. The van der Waals surface area contributed by atoms with Crippen molar-refractivity contribution < 1.29 is 20.2 Å². The number of hydrogen-bond donors (Lipinski definition) is 3. The number of rotatable bonds is 10. The molecule has 0 saturated carbocycles. The van der Waals surface area contributed by atoms with Gasteiger partial charge in [-0.3, -0.25) is 10.1 Å². The number of benzene rings is 3. The molecular formula is C27H27NO5. The summed E-state index contributed by atoms with van der Waals surface area (Å²) in [5, 5.41) is 42.3. The Morgan fingerprint density at radius 1 is 1.00 bits per heavy atom. The SMILES string of the molecule is C=C[C@H]([C@H](O)CC/C(=C/c1cccc(O)c1)c1ccccc1)[C@H](O)c1ccc([N+](=O)[O-])cc1. The van der Waals surface area contributed by atoms with Crippen LogP contribution in [0.5, 0.6) is 5.75 Å². The van der Waals surface area contributed by atoms with Gasteiger partial charge in [0.05, 0.1) is 17.1 Å². The fourth-order valence-electron chi connectivity index (χ4n) is 3.78. The van der Waals surface area contributed by atoms with Crippen LogP contribution in [0.3, 0.4) is 0 Å². The Balaban J connectivity index is 1.77. The van der Waals surface area contributed by atoms with Crippen LogP contribution in [0.2, 0.25) is 0 Å². The Morgan fingerprint density at radius 3 is 2.30 bits per heavy atom. The average molecular weight is 446 g/mol. The number of allylic oxidation sites excluding steroid dienone is 1. The molecule has 3 N–H and O–H groups in total. The summed E-state index contributed by atoms with van der Waals surface area (Å²) in [7, 11) is 0. The number of nitro groups is 1. The maximum Gasteiger partial charge on any atom is 0.269 e. The van der Waals surface area contributed by atoms with Crippen LogP contribution in [0.1, 0.15) is 35.6 Å². The lowest BCUT2D eigenvalue weighted by molar-refractivity contribution is -0.384. The topological polar surface area (TPSA) is 104 Å². The van der Waals surface area contributed by atoms with E-state index in [4.69, 9.17) is 0 Å². The highest BCUT2D eigenvalue weighted by atomic mass is 16.6. The molecule has 0 heterocycles. The highest BCUT2D eigenvalue weighted by molar-refractivity contribution is 5.81. The zero-order chi connectivity index (χ0) is 23.8. The molecule has 0 aliphatic carbocycles. The third-order valence-corrected chi connectivity index (χ3v) is 5.59. The zero-order valence-electron chi connectivity index (χ0n) is 18.1. The van der Waals surface area contributed by atoms with Gasteiger partial charge in [0.2, 0.25) is 0 Å². The Kier molecular flexibility index (Phi) is 8.13. The van der Waals surface area contributed by atoms with Gasteiger partial charge < -0.3 is 15.3 Å². The van der Waals surface area contributed by atoms with Crippen LogP contribution in [-0.4, -0.2) is 26.3 Å². The highest BCUT2D eigenvalue weighted by Gasteiger charge is 2.26. The first kappa shape index (κ1) is 23.9. The van der Waals surface area contributed by atoms with Gasteiger partial charge >= 0.3 is 0 Å². The molecule has 0 fully saturated rings. The van der Waals surface area contributed by atoms with E-state index in [0.29, 0.717) is 18.4 Å². The molecule has 0 amide bonds. The highest BCUT2D eigenvalue weighted by Crippen LogP contribution is 2.31. The molecule has 3 rings (SSSR count). The predicted octanol–water partition coefficient (Wildman–Crippen LogP) is 5.52. The molecule has 0 bridgehead atoms. The van der Waals surface area contributed by atoms with Crippen molar-refractivity contribution in [2.24, 2.45) is 5.92 Å². The fraction of sp³-hybridized carbons (Fsp3) is 0.185. The number of aromatic hydroxyl groups is 1. The lowest BCUT2D eigenvalue weighted by Crippen LogP contribution is -2.25. The monoisotopic (exact) mass is 445 g/mol. The number of nitro benzene ring substituents is 1. The van der Waals surface area contributed by atoms with E-state index in [0.717, 1.165) is 16.7 Å². The van der Waals surface area contributed by atoms with Crippen molar-refractivity contribution in [1.82, 2.24) is 0 Å². The number of aliphatic hydroxyl groups excluding tert-OH is 2. The van der Waals surface area contributed by atoms with E-state index < -0.39 is 23.0 Å². The summed E-state index contributed by atoms with van der Waals surface area (Å²) in [6, 6.07) is 22.4. The molecule has 0 aliphatic heterocycles. The van der Waals surface area contributed by atoms with E-state index >= 15 is 0 Å². The molecule has 3 aromatic rings. The maximum atomic E-state index is 10.9. The first-order chi connectivity index (χ1) is 15.9. The Labute approximate surface area is 192 Å². The van der Waals surface area contributed by atoms with Crippen molar-refractivity contribution in [3.05, 3.63) is 118 Å². The molecule has 0 unspecified atom stereocenters. The van der Waals surface area contributed by atoms with Crippen LogP contribution in [0.4, 0.5) is 5.69 Å². The van der Waals surface area contributed by atoms with Crippen LogP contribution >= 0.6 is 0 Å². The van der Waals surface area contributed by atoms with Crippen LogP contribution in [0.15, 0.2) is 91.5 Å². The smallest absolute Gasteiger partial charge is 0.269 e. The number of hydrogen-bond acceptors (Lipinski definition) is 5. The molecular weight excluding hydrogens is 418 g/mol. The normalized spacial score (nSPS) is 14.3. The number of non-ortho nitro benzene ring substituents is 1. The van der Waals surface area contributed by atoms with E-state index in [1.165, 1.54) is 30.3 Å². The summed E-state index contributed by atoms with van der Waals surface area (Å²) in [6.45, 7) is 3.77. The standard InChI is InChI=1S/C27H27NO5/c1-2-25(27(31)21-11-14-23(15-12-21)28(32)33)26(30)16-13-22(20-8-4-3-5-9-20)17-19-7-6-10-24(29)18-19/h2-12,14-15,17-18,25-27,29-31H,1,13,16H2/b22-17-/t25-,26-,27-/m1/s1. The molecule has 3 atom stereocenters. The summed E-state index contributed by atoms with van der Waals surface area (Å²) in [6.07, 6.45) is 2.44. The van der Waals surface area contributed by atoms with E-state index in [2.05, 4.69) is 6.58 Å². The van der Waals surface area contributed by atoms with Crippen LogP contribution in [0, 0.1) is 16.0 Å². The Bertz CT molecular complexity index is 1110. The van der Waals surface area contributed by atoms with E-state index in [-0.39, 0.29) is 11.4 Å². The molecule has 6 heteroatoms. The summed E-state index contributed by atoms with van der Waals surface area (Å²) >= 11 is 0. The third-order valence-electron chi connectivity index (χ3n) is 5.59. The largest absolute Gasteiger partial charge is 0.508 e. The van der Waals surface area contributed by atoms with Gasteiger partial charge in [0, 0.05) is 18.1 Å². The molecule has 6 nitrogen and oxygen atoms in total. The van der Waals surface area contributed by atoms with Gasteiger partial charge in [-0.05, 0) is 59.4 Å². The fourth-order valence-corrected chi connectivity index (χ4v) is 3.78. The van der Waals surface area contributed by atoms with E-state index in [9.17, 15) is 25.4 Å². The quantitative estimate of drug-likeness (QED) is 0.165. The second-order valence-corrected chi connectivity index (χ2v) is 7.84. The van der Waals surface area contributed by atoms with Crippen molar-refractivity contribution in [3.63, 3.8) is 0 Å². The molecule has 0 saturated heterocycles. The molecule has 0 aromatic heterocycles. The average Bonchev–Trinajstić information content (AvgIpc) is 2.82. The minimum absolute atomic E-state index is 0.0637. The lowest BCUT2D eigenvalue weighted by atomic mass is 9.87. The number of nitrogens with zero attached hydrogens (tertiary/aromatic N) is 1. The first-order valence-electron chi connectivity index (χ1n) is 10.7. The molecule has 170 valence electrons. The molecule has 3 aromatic carbocycles. The van der Waals surface area contributed by atoms with Crippen LogP contribution in [-0.2, 0) is 0 Å². The van der Waals surface area contributed by atoms with Gasteiger partial charge in [0.15, 0.2) is 0 Å². The summed E-state index contributed by atoms with van der Waals surface area (Å²) in [5.74, 6) is -0.474. The van der Waals surface area contributed by atoms with E-state index in [1.54, 1.807) is 18.2 Å². The van der Waals surface area contributed by atoms with Gasteiger partial charge in [0.1, 0.15) is 5.75 Å². The summed E-state index contributed by atoms with van der Waals surface area (Å²) in [4.78, 5) is 10.4. The second kappa shape index (κ2) is 11.2. The predicted molar refractivity (Wildman–Crippen MR) is 129 cm³/mol. The van der Waals surface area contributed by atoms with Gasteiger partial charge in [-0.15, -0.1) is 6.58 Å². The first-order valence-corrected chi connectivity index (χ1v) is 10.7. The Morgan fingerprint density at radius 2 is 1.70 bits per heavy atom. The maximum absolute atomic E-state index is 10.9. The summed E-state index contributed by atoms with van der Waals surface area (Å²) in [5.41, 5.74) is 3.23. The number of phenolic OH excluding ortho intramolecular Hbond substituents is 1. The molecule has 0 radical (unpaired) electrons. The van der Waals surface area contributed by atoms with Crippen molar-refractivity contribution in [3.8, 4) is 5.75 Å². The number of aliphatic hydroxyl groups is 2. The summed E-state index contributed by atoms with van der Waals surface area (Å²) < 4.78 is 0. The van der Waals surface area contributed by atoms with Crippen LogP contribution in [0.25, 0.3) is 11.6 Å². The zero-order valence-corrected chi connectivity index (χ0v) is 18.1. The van der Waals surface area contributed by atoms with Gasteiger partial charge in [-0.1, -0.05) is 54.6 Å². The minimum atomic E-state index is -1.05. The molecule has 0 spiro atoms. The van der Waals surface area contributed by atoms with Crippen molar-refractivity contribution >= 4 is 17.3 Å². The van der Waals surface area contributed by atoms with Crippen molar-refractivity contribution in [1.29, 1.82) is 0 Å². The van der Waals surface area contributed by atoms with Crippen LogP contribution < -0.4 is 0 Å². The minimum Gasteiger partial charge on any atom is -0.508 e. The number of phenols is 1. The Hall–Kier alpha value is -3.74. The second-order valence-electron chi connectivity index (χ2n) is 7.84. The van der Waals surface area contributed by atoms with Gasteiger partial charge in [-0.25, -0.2) is 0 Å². The van der Waals surface area contributed by atoms with Gasteiger partial charge in [-0.2, -0.15) is 0 Å². The third kappa shape index (κ3) is 6.38.